The summed E-state index contributed by atoms with van der Waals surface area (Å²) in [6, 6.07) is 7.29. The Labute approximate surface area is 115 Å². The monoisotopic (exact) mass is 272 g/mol. The number of halogens is 1. The second-order valence-corrected chi connectivity index (χ2v) is 3.64. The zero-order chi connectivity index (χ0) is 12.5. The molecule has 0 aliphatic heterocycles. The molecule has 0 atom stereocenters. The molecule has 1 aromatic carbocycles. The summed E-state index contributed by atoms with van der Waals surface area (Å²) in [6.07, 6.45) is 0.916. The number of nitrogens with one attached hydrogen (secondary N) is 2. The normalized spacial score (nSPS) is 9.44. The first-order valence-corrected chi connectivity index (χ1v) is 5.94. The van der Waals surface area contributed by atoms with Crippen LogP contribution in [0.4, 0.5) is 0 Å². The fraction of sp³-hybridized carbons (Fsp3) is 0.462. The van der Waals surface area contributed by atoms with Crippen molar-refractivity contribution in [3.8, 4) is 5.75 Å². The molecule has 0 fully saturated rings. The van der Waals surface area contributed by atoms with Gasteiger partial charge in [-0.15, -0.1) is 12.4 Å². The van der Waals surface area contributed by atoms with Crippen LogP contribution in [0, 0.1) is 0 Å². The summed E-state index contributed by atoms with van der Waals surface area (Å²) in [5.74, 6) is 0.561. The number of para-hydroxylation sites is 1. The summed E-state index contributed by atoms with van der Waals surface area (Å²) in [7, 11) is 1.90. The van der Waals surface area contributed by atoms with Gasteiger partial charge in [0.25, 0.3) is 5.91 Å². The van der Waals surface area contributed by atoms with E-state index >= 15 is 0 Å². The van der Waals surface area contributed by atoms with Crippen molar-refractivity contribution in [2.75, 3.05) is 26.7 Å². The first-order chi connectivity index (χ1) is 8.29. The van der Waals surface area contributed by atoms with Gasteiger partial charge < -0.3 is 15.4 Å². The van der Waals surface area contributed by atoms with Crippen molar-refractivity contribution in [2.45, 2.75) is 13.3 Å². The lowest BCUT2D eigenvalue weighted by Crippen LogP contribution is -2.27. The maximum Gasteiger partial charge on any atom is 0.255 e. The Balaban J connectivity index is 0.00000289. The molecule has 0 spiro atoms. The predicted octanol–water partition coefficient (Wildman–Crippen LogP) is 1.85. The fourth-order valence-electron chi connectivity index (χ4n) is 1.50. The molecule has 0 bridgehead atoms. The highest BCUT2D eigenvalue weighted by atomic mass is 35.5. The Morgan fingerprint density at radius 3 is 2.67 bits per heavy atom. The van der Waals surface area contributed by atoms with E-state index in [0.717, 1.165) is 13.0 Å². The van der Waals surface area contributed by atoms with E-state index in [2.05, 4.69) is 10.6 Å². The second kappa shape index (κ2) is 9.74. The molecule has 5 heteroatoms. The Morgan fingerprint density at radius 2 is 2.00 bits per heavy atom. The molecular formula is C13H21ClN2O2. The van der Waals surface area contributed by atoms with Gasteiger partial charge in [-0.25, -0.2) is 0 Å². The predicted molar refractivity (Wildman–Crippen MR) is 75.7 cm³/mol. The maximum absolute atomic E-state index is 11.9. The van der Waals surface area contributed by atoms with Crippen molar-refractivity contribution in [1.82, 2.24) is 10.6 Å². The van der Waals surface area contributed by atoms with E-state index in [1.165, 1.54) is 0 Å². The smallest absolute Gasteiger partial charge is 0.255 e. The third kappa shape index (κ3) is 5.38. The third-order valence-corrected chi connectivity index (χ3v) is 2.32. The van der Waals surface area contributed by atoms with Gasteiger partial charge in [0.2, 0.25) is 0 Å². The standard InChI is InChI=1S/C13H20N2O2.ClH/c1-3-17-12-8-5-4-7-11(12)13(16)15-10-6-9-14-2;/h4-5,7-8,14H,3,6,9-10H2,1-2H3,(H,15,16);1H. The quantitative estimate of drug-likeness (QED) is 0.745. The van der Waals surface area contributed by atoms with Crippen molar-refractivity contribution in [3.05, 3.63) is 29.8 Å². The van der Waals surface area contributed by atoms with Crippen LogP contribution in [-0.4, -0.2) is 32.7 Å². The fourth-order valence-corrected chi connectivity index (χ4v) is 1.50. The van der Waals surface area contributed by atoms with E-state index < -0.39 is 0 Å². The number of carbonyl (C=O) groups excluding carboxylic acids is 1. The molecule has 0 saturated heterocycles. The van der Waals surface area contributed by atoms with Gasteiger partial charge in [-0.1, -0.05) is 12.1 Å². The average Bonchev–Trinajstić information content (AvgIpc) is 2.35. The zero-order valence-corrected chi connectivity index (χ0v) is 11.7. The lowest BCUT2D eigenvalue weighted by atomic mass is 10.2. The second-order valence-electron chi connectivity index (χ2n) is 3.64. The Hall–Kier alpha value is -1.26. The molecule has 1 aromatic rings. The van der Waals surface area contributed by atoms with E-state index in [0.29, 0.717) is 24.5 Å². The molecule has 1 amide bonds. The molecule has 18 heavy (non-hydrogen) atoms. The van der Waals surface area contributed by atoms with E-state index in [-0.39, 0.29) is 18.3 Å². The number of rotatable bonds is 7. The molecule has 2 N–H and O–H groups in total. The number of hydrogen-bond donors (Lipinski definition) is 2. The van der Waals surface area contributed by atoms with Crippen LogP contribution in [0.2, 0.25) is 0 Å². The minimum absolute atomic E-state index is 0. The SMILES string of the molecule is CCOc1ccccc1C(=O)NCCCNC.Cl. The van der Waals surface area contributed by atoms with E-state index in [9.17, 15) is 4.79 Å². The lowest BCUT2D eigenvalue weighted by molar-refractivity contribution is 0.0949. The first-order valence-electron chi connectivity index (χ1n) is 5.94. The third-order valence-electron chi connectivity index (χ3n) is 2.32. The first kappa shape index (κ1) is 16.7. The average molecular weight is 273 g/mol. The molecule has 0 aliphatic rings. The zero-order valence-electron chi connectivity index (χ0n) is 10.9. The van der Waals surface area contributed by atoms with Crippen LogP contribution >= 0.6 is 12.4 Å². The van der Waals surface area contributed by atoms with E-state index in [4.69, 9.17) is 4.74 Å². The van der Waals surface area contributed by atoms with Crippen LogP contribution in [0.15, 0.2) is 24.3 Å². The van der Waals surface area contributed by atoms with Crippen LogP contribution in [0.3, 0.4) is 0 Å². The highest BCUT2D eigenvalue weighted by Gasteiger charge is 2.10. The van der Waals surface area contributed by atoms with Gasteiger partial charge in [0.15, 0.2) is 0 Å². The lowest BCUT2D eigenvalue weighted by Gasteiger charge is -2.10. The van der Waals surface area contributed by atoms with Crippen LogP contribution < -0.4 is 15.4 Å². The number of amides is 1. The van der Waals surface area contributed by atoms with Gasteiger partial charge in [-0.05, 0) is 39.1 Å². The molecule has 102 valence electrons. The van der Waals surface area contributed by atoms with Gasteiger partial charge >= 0.3 is 0 Å². The van der Waals surface area contributed by atoms with E-state index in [1.54, 1.807) is 6.07 Å². The van der Waals surface area contributed by atoms with Gasteiger partial charge in [-0.2, -0.15) is 0 Å². The molecule has 0 aromatic heterocycles. The minimum Gasteiger partial charge on any atom is -0.493 e. The van der Waals surface area contributed by atoms with Crippen molar-refractivity contribution < 1.29 is 9.53 Å². The Kier molecular flexibility index (Phi) is 9.06. The highest BCUT2D eigenvalue weighted by molar-refractivity contribution is 5.96. The Morgan fingerprint density at radius 1 is 1.28 bits per heavy atom. The highest BCUT2D eigenvalue weighted by Crippen LogP contribution is 2.17. The largest absolute Gasteiger partial charge is 0.493 e. The molecule has 0 heterocycles. The van der Waals surface area contributed by atoms with Crippen molar-refractivity contribution in [1.29, 1.82) is 0 Å². The summed E-state index contributed by atoms with van der Waals surface area (Å²) in [5, 5.41) is 5.91. The molecule has 0 aliphatic carbocycles. The maximum atomic E-state index is 11.9. The van der Waals surface area contributed by atoms with Crippen LogP contribution in [0.5, 0.6) is 5.75 Å². The van der Waals surface area contributed by atoms with E-state index in [1.807, 2.05) is 32.2 Å². The number of carbonyl (C=O) groups is 1. The molecular weight excluding hydrogens is 252 g/mol. The molecule has 1 rings (SSSR count). The number of hydrogen-bond acceptors (Lipinski definition) is 3. The molecule has 0 saturated carbocycles. The number of benzene rings is 1. The van der Waals surface area contributed by atoms with Crippen molar-refractivity contribution in [2.24, 2.45) is 0 Å². The number of ether oxygens (including phenoxy) is 1. The van der Waals surface area contributed by atoms with Gasteiger partial charge in [0, 0.05) is 6.54 Å². The minimum atomic E-state index is -0.0786. The van der Waals surface area contributed by atoms with Crippen LogP contribution in [0.1, 0.15) is 23.7 Å². The van der Waals surface area contributed by atoms with Crippen molar-refractivity contribution >= 4 is 18.3 Å². The topological polar surface area (TPSA) is 50.4 Å². The summed E-state index contributed by atoms with van der Waals surface area (Å²) in [6.45, 7) is 4.03. The van der Waals surface area contributed by atoms with Crippen LogP contribution in [0.25, 0.3) is 0 Å². The molecule has 0 radical (unpaired) electrons. The van der Waals surface area contributed by atoms with Gasteiger partial charge in [0.05, 0.1) is 12.2 Å². The summed E-state index contributed by atoms with van der Waals surface area (Å²) >= 11 is 0. The Bertz CT molecular complexity index is 359. The molecule has 0 unspecified atom stereocenters. The summed E-state index contributed by atoms with van der Waals surface area (Å²) < 4.78 is 5.41. The summed E-state index contributed by atoms with van der Waals surface area (Å²) in [5.41, 5.74) is 0.596. The van der Waals surface area contributed by atoms with Gasteiger partial charge in [0.1, 0.15) is 5.75 Å². The van der Waals surface area contributed by atoms with Gasteiger partial charge in [-0.3, -0.25) is 4.79 Å². The van der Waals surface area contributed by atoms with Crippen molar-refractivity contribution in [3.63, 3.8) is 0 Å². The summed E-state index contributed by atoms with van der Waals surface area (Å²) in [4.78, 5) is 11.9. The molecule has 4 nitrogen and oxygen atoms in total. The van der Waals surface area contributed by atoms with Crippen LogP contribution in [-0.2, 0) is 0 Å².